The molecule has 0 saturated heterocycles. The van der Waals surface area contributed by atoms with Crippen LogP contribution in [-0.2, 0) is 17.7 Å². The normalized spacial score (nSPS) is 9.89. The molecule has 0 aliphatic heterocycles. The van der Waals surface area contributed by atoms with E-state index in [0.29, 0.717) is 0 Å². The van der Waals surface area contributed by atoms with E-state index in [0.717, 1.165) is 6.42 Å². The summed E-state index contributed by atoms with van der Waals surface area (Å²) in [5.41, 5.74) is 2.75. The standard InChI is InChI=1S/C15H18S.CH4O2/c1-3-4-14-9-10-15(16-14)11-13-7-5-12(2)6-8-13;1-3-2/h5-10H,3-4,11H2,1-2H3;2H,1H3. The Morgan fingerprint density at radius 1 is 1.05 bits per heavy atom. The fourth-order valence-electron chi connectivity index (χ4n) is 1.81. The summed E-state index contributed by atoms with van der Waals surface area (Å²) in [5, 5.41) is 7.07. The largest absolute Gasteiger partial charge is 0.252 e. The van der Waals surface area contributed by atoms with E-state index < -0.39 is 0 Å². The Morgan fingerprint density at radius 2 is 1.63 bits per heavy atom. The second-order valence-electron chi connectivity index (χ2n) is 4.46. The van der Waals surface area contributed by atoms with Crippen LogP contribution in [0.1, 0.15) is 34.2 Å². The molecule has 0 aliphatic rings. The molecule has 2 aromatic rings. The van der Waals surface area contributed by atoms with E-state index >= 15 is 0 Å². The Hall–Kier alpha value is -1.16. The highest BCUT2D eigenvalue weighted by molar-refractivity contribution is 7.12. The summed E-state index contributed by atoms with van der Waals surface area (Å²) in [5.74, 6) is 0. The SMILES string of the molecule is CCCc1ccc(Cc2ccc(C)cc2)s1.COO. The number of thiophene rings is 1. The van der Waals surface area contributed by atoms with Crippen LogP contribution in [0.5, 0.6) is 0 Å². The molecular formula is C16H22O2S. The fourth-order valence-corrected chi connectivity index (χ4v) is 2.96. The summed E-state index contributed by atoms with van der Waals surface area (Å²) < 4.78 is 0. The Balaban J connectivity index is 0.000000550. The smallest absolute Gasteiger partial charge is 0.0710 e. The van der Waals surface area contributed by atoms with Gasteiger partial charge in [-0.3, -0.25) is 5.26 Å². The Labute approximate surface area is 119 Å². The first-order valence-electron chi connectivity index (χ1n) is 6.50. The maximum Gasteiger partial charge on any atom is 0.0710 e. The van der Waals surface area contributed by atoms with Gasteiger partial charge in [-0.15, -0.1) is 11.3 Å². The minimum absolute atomic E-state index is 1.08. The van der Waals surface area contributed by atoms with Gasteiger partial charge in [-0.2, -0.15) is 0 Å². The second-order valence-corrected chi connectivity index (χ2v) is 5.72. The predicted octanol–water partition coefficient (Wildman–Crippen LogP) is 4.71. The molecule has 0 radical (unpaired) electrons. The molecule has 19 heavy (non-hydrogen) atoms. The van der Waals surface area contributed by atoms with Crippen molar-refractivity contribution in [1.82, 2.24) is 0 Å². The summed E-state index contributed by atoms with van der Waals surface area (Å²) in [7, 11) is 1.18. The van der Waals surface area contributed by atoms with E-state index in [1.54, 1.807) is 0 Å². The summed E-state index contributed by atoms with van der Waals surface area (Å²) >= 11 is 1.96. The van der Waals surface area contributed by atoms with Crippen molar-refractivity contribution in [3.8, 4) is 0 Å². The topological polar surface area (TPSA) is 29.5 Å². The number of benzene rings is 1. The molecule has 0 atom stereocenters. The van der Waals surface area contributed by atoms with Crippen LogP contribution in [0.3, 0.4) is 0 Å². The number of hydrogen-bond acceptors (Lipinski definition) is 3. The first kappa shape index (κ1) is 15.9. The minimum atomic E-state index is 1.08. The van der Waals surface area contributed by atoms with Crippen LogP contribution in [0.2, 0.25) is 0 Å². The highest BCUT2D eigenvalue weighted by Gasteiger charge is 2.00. The van der Waals surface area contributed by atoms with Crippen molar-refractivity contribution < 1.29 is 10.1 Å². The molecule has 0 bridgehead atoms. The first-order chi connectivity index (χ1) is 9.19. The van der Waals surface area contributed by atoms with Gasteiger partial charge in [0.2, 0.25) is 0 Å². The van der Waals surface area contributed by atoms with Crippen molar-refractivity contribution in [3.05, 3.63) is 57.3 Å². The van der Waals surface area contributed by atoms with Crippen LogP contribution in [-0.4, -0.2) is 12.4 Å². The van der Waals surface area contributed by atoms with Gasteiger partial charge in [0.05, 0.1) is 7.11 Å². The van der Waals surface area contributed by atoms with E-state index in [2.05, 4.69) is 55.1 Å². The maximum absolute atomic E-state index is 7.07. The van der Waals surface area contributed by atoms with Gasteiger partial charge in [0.15, 0.2) is 0 Å². The minimum Gasteiger partial charge on any atom is -0.252 e. The third-order valence-electron chi connectivity index (χ3n) is 2.71. The molecule has 0 fully saturated rings. The molecule has 3 heteroatoms. The monoisotopic (exact) mass is 278 g/mol. The average molecular weight is 278 g/mol. The summed E-state index contributed by atoms with van der Waals surface area (Å²) in [6.07, 6.45) is 3.54. The number of rotatable bonds is 4. The summed E-state index contributed by atoms with van der Waals surface area (Å²) in [4.78, 5) is 6.25. The summed E-state index contributed by atoms with van der Waals surface area (Å²) in [6, 6.07) is 13.4. The third-order valence-corrected chi connectivity index (χ3v) is 3.86. The molecule has 1 N–H and O–H groups in total. The van der Waals surface area contributed by atoms with Crippen molar-refractivity contribution in [1.29, 1.82) is 0 Å². The van der Waals surface area contributed by atoms with Crippen LogP contribution in [0.15, 0.2) is 36.4 Å². The van der Waals surface area contributed by atoms with Gasteiger partial charge in [-0.05, 0) is 31.0 Å². The van der Waals surface area contributed by atoms with E-state index in [-0.39, 0.29) is 0 Å². The summed E-state index contributed by atoms with van der Waals surface area (Å²) in [6.45, 7) is 4.37. The van der Waals surface area contributed by atoms with Gasteiger partial charge in [-0.1, -0.05) is 43.2 Å². The zero-order valence-electron chi connectivity index (χ0n) is 11.8. The zero-order chi connectivity index (χ0) is 14.1. The van der Waals surface area contributed by atoms with Crippen LogP contribution >= 0.6 is 11.3 Å². The molecule has 0 aliphatic carbocycles. The van der Waals surface area contributed by atoms with Crippen molar-refractivity contribution >= 4 is 11.3 Å². The molecule has 0 spiro atoms. The molecule has 0 unspecified atom stereocenters. The highest BCUT2D eigenvalue weighted by Crippen LogP contribution is 2.21. The van der Waals surface area contributed by atoms with Crippen molar-refractivity contribution in [2.24, 2.45) is 0 Å². The highest BCUT2D eigenvalue weighted by atomic mass is 32.1. The van der Waals surface area contributed by atoms with Crippen molar-refractivity contribution in [2.45, 2.75) is 33.1 Å². The third kappa shape index (κ3) is 6.01. The molecule has 1 aromatic heterocycles. The van der Waals surface area contributed by atoms with Crippen LogP contribution in [0.25, 0.3) is 0 Å². The lowest BCUT2D eigenvalue weighted by Crippen LogP contribution is -1.84. The maximum atomic E-state index is 7.07. The van der Waals surface area contributed by atoms with E-state index in [9.17, 15) is 0 Å². The van der Waals surface area contributed by atoms with Crippen LogP contribution in [0.4, 0.5) is 0 Å². The lowest BCUT2D eigenvalue weighted by Gasteiger charge is -1.99. The first-order valence-corrected chi connectivity index (χ1v) is 7.32. The van der Waals surface area contributed by atoms with Gasteiger partial charge < -0.3 is 0 Å². The van der Waals surface area contributed by atoms with Crippen LogP contribution < -0.4 is 0 Å². The van der Waals surface area contributed by atoms with Gasteiger partial charge >= 0.3 is 0 Å². The molecular weight excluding hydrogens is 256 g/mol. The number of aryl methyl sites for hydroxylation is 2. The van der Waals surface area contributed by atoms with E-state index in [1.807, 2.05) is 11.3 Å². The second kappa shape index (κ2) is 8.86. The zero-order valence-corrected chi connectivity index (χ0v) is 12.7. The van der Waals surface area contributed by atoms with Gasteiger partial charge in [0.1, 0.15) is 0 Å². The average Bonchev–Trinajstić information content (AvgIpc) is 2.81. The number of hydrogen-bond donors (Lipinski definition) is 1. The molecule has 104 valence electrons. The molecule has 2 rings (SSSR count). The van der Waals surface area contributed by atoms with E-state index in [1.165, 1.54) is 40.8 Å². The van der Waals surface area contributed by atoms with Gasteiger partial charge in [-0.25, -0.2) is 4.89 Å². The van der Waals surface area contributed by atoms with Crippen molar-refractivity contribution in [3.63, 3.8) is 0 Å². The lowest BCUT2D eigenvalue weighted by atomic mass is 10.1. The van der Waals surface area contributed by atoms with Crippen molar-refractivity contribution in [2.75, 3.05) is 7.11 Å². The molecule has 0 saturated carbocycles. The van der Waals surface area contributed by atoms with Crippen LogP contribution in [0, 0.1) is 6.92 Å². The van der Waals surface area contributed by atoms with E-state index in [4.69, 9.17) is 5.26 Å². The Bertz CT molecular complexity index is 460. The predicted molar refractivity (Wildman–Crippen MR) is 81.9 cm³/mol. The fraction of sp³-hybridized carbons (Fsp3) is 0.375. The van der Waals surface area contributed by atoms with Gasteiger partial charge in [0, 0.05) is 16.2 Å². The molecule has 1 aromatic carbocycles. The quantitative estimate of drug-likeness (QED) is 0.648. The molecule has 2 nitrogen and oxygen atoms in total. The van der Waals surface area contributed by atoms with Gasteiger partial charge in [0.25, 0.3) is 0 Å². The Kier molecular flexibility index (Phi) is 7.41. The molecule has 0 amide bonds. The Morgan fingerprint density at radius 3 is 2.21 bits per heavy atom. The molecule has 1 heterocycles. The lowest BCUT2D eigenvalue weighted by molar-refractivity contribution is -0.214.